The fourth-order valence-electron chi connectivity index (χ4n) is 7.21. The highest BCUT2D eigenvalue weighted by molar-refractivity contribution is 7.12. The number of ether oxygens (including phenoxy) is 1. The van der Waals surface area contributed by atoms with Crippen LogP contribution in [0.1, 0.15) is 79.9 Å². The molecule has 0 spiro atoms. The second-order valence-electron chi connectivity index (χ2n) is 16.9. The molecule has 3 aromatic heterocycles. The number of fused-ring (bicyclic) bond motifs is 1. The van der Waals surface area contributed by atoms with Gasteiger partial charge in [-0.1, -0.05) is 45.0 Å². The summed E-state index contributed by atoms with van der Waals surface area (Å²) in [5, 5.41) is 32.5. The van der Waals surface area contributed by atoms with Crippen LogP contribution in [0.4, 0.5) is 10.1 Å². The predicted octanol–water partition coefficient (Wildman–Crippen LogP) is 8.40. The minimum absolute atomic E-state index is 0.0228. The number of aromatic amines is 1. The molecular formula is C44H55FN4O7S2Si. The van der Waals surface area contributed by atoms with Crippen LogP contribution < -0.4 is 16.2 Å². The quantitative estimate of drug-likeness (QED) is 0.0487. The maximum absolute atomic E-state index is 15.3. The summed E-state index contributed by atoms with van der Waals surface area (Å²) in [4.78, 5) is 44.3. The van der Waals surface area contributed by atoms with Gasteiger partial charge >= 0.3 is 5.97 Å². The van der Waals surface area contributed by atoms with Crippen LogP contribution in [0.2, 0.25) is 18.1 Å². The van der Waals surface area contributed by atoms with Gasteiger partial charge in [0.25, 0.3) is 0 Å². The van der Waals surface area contributed by atoms with Crippen LogP contribution in [0.25, 0.3) is 10.9 Å². The standard InChI is InChI=1S/C44H55FN4O7S2Si/c1-43(2,3)59(5,6)56-36(31-16-19-35(50)41-32(31)17-20-39(51)48-41)27-46-26-28-11-18-34(33(45)25-28)47-40(52)21-22-49(4)29-12-14-30(15-13-29)55-42(53)44(54,37-9-7-23-57-37)38-10-8-24-58-38/h7-11,16-20,23-25,29-30,36,46,50,54H,12-15,21-22,26-27H2,1-6H3,(H,47,52)(H,48,51)/t29?,30?,36-/m0/s1. The van der Waals surface area contributed by atoms with Crippen LogP contribution in [0.15, 0.2) is 82.3 Å². The van der Waals surface area contributed by atoms with E-state index in [2.05, 4.69) is 54.4 Å². The third kappa shape index (κ3) is 10.4. The number of H-pyrrole nitrogens is 1. The molecule has 5 aromatic rings. The zero-order valence-electron chi connectivity index (χ0n) is 34.5. The summed E-state index contributed by atoms with van der Waals surface area (Å²) in [6, 6.07) is 18.5. The number of carbonyl (C=O) groups excluding carboxylic acids is 2. The number of aliphatic hydroxyl groups is 1. The molecule has 1 aliphatic carbocycles. The van der Waals surface area contributed by atoms with E-state index in [0.29, 0.717) is 58.7 Å². The summed E-state index contributed by atoms with van der Waals surface area (Å²) in [6.07, 6.45) is 2.28. The van der Waals surface area contributed by atoms with Gasteiger partial charge in [0, 0.05) is 43.5 Å². The van der Waals surface area contributed by atoms with E-state index in [1.165, 1.54) is 34.8 Å². The van der Waals surface area contributed by atoms with Crippen molar-refractivity contribution in [2.24, 2.45) is 0 Å². The van der Waals surface area contributed by atoms with Gasteiger partial charge in [0.1, 0.15) is 17.7 Å². The monoisotopic (exact) mass is 862 g/mol. The van der Waals surface area contributed by atoms with Gasteiger partial charge in [0.05, 0.1) is 27.1 Å². The predicted molar refractivity (Wildman–Crippen MR) is 235 cm³/mol. The van der Waals surface area contributed by atoms with Crippen molar-refractivity contribution >= 4 is 59.5 Å². The normalized spacial score (nSPS) is 17.0. The van der Waals surface area contributed by atoms with Crippen molar-refractivity contribution in [1.29, 1.82) is 0 Å². The summed E-state index contributed by atoms with van der Waals surface area (Å²) in [6.45, 7) is 12.0. The van der Waals surface area contributed by atoms with Gasteiger partial charge in [-0.2, -0.15) is 0 Å². The molecule has 1 amide bonds. The lowest BCUT2D eigenvalue weighted by molar-refractivity contribution is -0.169. The number of pyridine rings is 1. The second kappa shape index (κ2) is 18.6. The summed E-state index contributed by atoms with van der Waals surface area (Å²) < 4.78 is 28.1. The van der Waals surface area contributed by atoms with E-state index in [1.807, 2.05) is 23.9 Å². The Kier molecular flexibility index (Phi) is 14.0. The third-order valence-electron chi connectivity index (χ3n) is 11.7. The number of phenolic OH excluding ortho intramolecular Hbond substituents is 1. The fourth-order valence-corrected chi connectivity index (χ4v) is 10.2. The molecule has 3 heterocycles. The van der Waals surface area contributed by atoms with E-state index in [4.69, 9.17) is 9.16 Å². The number of nitrogens with zero attached hydrogens (tertiary/aromatic N) is 1. The summed E-state index contributed by atoms with van der Waals surface area (Å²) in [5.41, 5.74) is -0.175. The molecule has 0 radical (unpaired) electrons. The SMILES string of the molecule is CN(CCC(=O)Nc1ccc(CNC[C@H](O[Si](C)(C)C(C)(C)C)c2ccc(O)c3[nH]c(=O)ccc23)cc1F)C1CCC(OC(=O)C(O)(c2cccs2)c2cccs2)CC1. The largest absolute Gasteiger partial charge is 0.506 e. The van der Waals surface area contributed by atoms with Gasteiger partial charge in [-0.3, -0.25) is 9.59 Å². The van der Waals surface area contributed by atoms with E-state index in [-0.39, 0.29) is 46.5 Å². The minimum atomic E-state index is -2.28. The number of esters is 1. The Balaban J connectivity index is 0.985. The lowest BCUT2D eigenvalue weighted by Crippen LogP contribution is -2.43. The van der Waals surface area contributed by atoms with Crippen LogP contribution in [0.5, 0.6) is 5.75 Å². The van der Waals surface area contributed by atoms with Crippen molar-refractivity contribution in [3.05, 3.63) is 115 Å². The average Bonchev–Trinajstić information content (AvgIpc) is 3.94. The summed E-state index contributed by atoms with van der Waals surface area (Å²) in [7, 11) is -0.315. The molecule has 0 unspecified atom stereocenters. The first-order valence-corrected chi connectivity index (χ1v) is 24.7. The molecule has 15 heteroatoms. The molecular weight excluding hydrogens is 808 g/mol. The maximum atomic E-state index is 15.3. The Bertz CT molecular complexity index is 2230. The molecule has 1 saturated carbocycles. The fraction of sp³-hybridized carbons (Fsp3) is 0.432. The van der Waals surface area contributed by atoms with Gasteiger partial charge in [-0.25, -0.2) is 9.18 Å². The number of thiophene rings is 2. The van der Waals surface area contributed by atoms with Crippen molar-refractivity contribution in [3.8, 4) is 5.75 Å². The van der Waals surface area contributed by atoms with Gasteiger partial charge in [-0.05, 0) is 109 Å². The average molecular weight is 863 g/mol. The molecule has 6 rings (SSSR count). The number of anilines is 1. The number of aromatic hydroxyl groups is 1. The van der Waals surface area contributed by atoms with Gasteiger partial charge in [0.15, 0.2) is 8.32 Å². The van der Waals surface area contributed by atoms with Gasteiger partial charge in [-0.15, -0.1) is 22.7 Å². The van der Waals surface area contributed by atoms with E-state index in [9.17, 15) is 24.6 Å². The minimum Gasteiger partial charge on any atom is -0.506 e. The number of benzene rings is 2. The molecule has 316 valence electrons. The number of amides is 1. The first-order valence-electron chi connectivity index (χ1n) is 20.0. The molecule has 0 saturated heterocycles. The molecule has 1 atom stereocenters. The molecule has 0 bridgehead atoms. The van der Waals surface area contributed by atoms with Gasteiger partial charge in [0.2, 0.25) is 17.1 Å². The molecule has 1 aliphatic rings. The molecule has 1 fully saturated rings. The van der Waals surface area contributed by atoms with Crippen molar-refractivity contribution in [3.63, 3.8) is 0 Å². The highest BCUT2D eigenvalue weighted by Crippen LogP contribution is 2.42. The first kappa shape index (κ1) is 44.3. The third-order valence-corrected chi connectivity index (χ3v) is 18.2. The van der Waals surface area contributed by atoms with Crippen LogP contribution in [-0.2, 0) is 30.9 Å². The van der Waals surface area contributed by atoms with E-state index in [0.717, 1.165) is 18.4 Å². The summed E-state index contributed by atoms with van der Waals surface area (Å²) in [5.74, 6) is -1.51. The zero-order valence-corrected chi connectivity index (χ0v) is 37.1. The number of halogens is 1. The Morgan fingerprint density at radius 1 is 1.00 bits per heavy atom. The lowest BCUT2D eigenvalue weighted by atomic mass is 9.91. The number of aromatic nitrogens is 1. The smallest absolute Gasteiger partial charge is 0.349 e. The molecule has 5 N–H and O–H groups in total. The number of carbonyl (C=O) groups is 2. The van der Waals surface area contributed by atoms with Crippen LogP contribution in [0, 0.1) is 5.82 Å². The van der Waals surface area contributed by atoms with E-state index in [1.54, 1.807) is 48.5 Å². The number of nitrogens with one attached hydrogen (secondary N) is 3. The van der Waals surface area contributed by atoms with Crippen molar-refractivity contribution < 1.29 is 33.4 Å². The molecule has 11 nitrogen and oxygen atoms in total. The number of phenols is 1. The topological polar surface area (TPSA) is 153 Å². The number of hydrogen-bond donors (Lipinski definition) is 5. The van der Waals surface area contributed by atoms with Crippen molar-refractivity contribution in [2.45, 2.75) is 101 Å². The second-order valence-corrected chi connectivity index (χ2v) is 23.5. The number of hydrogen-bond acceptors (Lipinski definition) is 11. The van der Waals surface area contributed by atoms with Crippen molar-refractivity contribution in [2.75, 3.05) is 25.5 Å². The van der Waals surface area contributed by atoms with E-state index >= 15 is 4.39 Å². The Labute approximate surface area is 353 Å². The molecule has 59 heavy (non-hydrogen) atoms. The van der Waals surface area contributed by atoms with E-state index < -0.39 is 31.8 Å². The Morgan fingerprint density at radius 3 is 2.29 bits per heavy atom. The lowest BCUT2D eigenvalue weighted by Gasteiger charge is -2.39. The van der Waals surface area contributed by atoms with Crippen LogP contribution in [0.3, 0.4) is 0 Å². The first-order chi connectivity index (χ1) is 28.0. The van der Waals surface area contributed by atoms with Crippen LogP contribution >= 0.6 is 22.7 Å². The highest BCUT2D eigenvalue weighted by atomic mass is 32.1. The maximum Gasteiger partial charge on any atom is 0.349 e. The molecule has 0 aliphatic heterocycles. The zero-order chi connectivity index (χ0) is 42.5. The van der Waals surface area contributed by atoms with Gasteiger partial charge < -0.3 is 39.9 Å². The van der Waals surface area contributed by atoms with Crippen molar-refractivity contribution in [1.82, 2.24) is 15.2 Å². The Morgan fingerprint density at radius 2 is 1.68 bits per heavy atom. The Hall–Kier alpha value is -4.22. The molecule has 2 aromatic carbocycles. The number of rotatable bonds is 16. The van der Waals surface area contributed by atoms with Crippen LogP contribution in [-0.4, -0.2) is 72.6 Å². The summed E-state index contributed by atoms with van der Waals surface area (Å²) >= 11 is 2.63. The highest BCUT2D eigenvalue weighted by Gasteiger charge is 2.45.